The second-order valence-electron chi connectivity index (χ2n) is 11.6. The number of carbonyl (C=O) groups excluding carboxylic acids is 1. The molecule has 3 aliphatic rings. The lowest BCUT2D eigenvalue weighted by molar-refractivity contribution is 0.101. The predicted octanol–water partition coefficient (Wildman–Crippen LogP) is 4.05. The molecule has 0 radical (unpaired) electrons. The van der Waals surface area contributed by atoms with Crippen molar-refractivity contribution in [2.45, 2.75) is 70.5 Å². The van der Waals surface area contributed by atoms with Gasteiger partial charge in [-0.3, -0.25) is 23.7 Å². The SMILES string of the molecule is CC(=O)c1cn2c(cc1=O)-c1cc(C3CC3)c(OCCn3nc4ccccn4c3=O)cc1[C@H]1CCC(C)(C)N12. The van der Waals surface area contributed by atoms with Crippen LogP contribution in [0.4, 0.5) is 0 Å². The van der Waals surface area contributed by atoms with Crippen molar-refractivity contribution in [3.8, 4) is 17.0 Å². The molecule has 2 fully saturated rings. The first kappa shape index (κ1) is 23.9. The van der Waals surface area contributed by atoms with Crippen molar-refractivity contribution < 1.29 is 9.53 Å². The zero-order valence-corrected chi connectivity index (χ0v) is 22.4. The lowest BCUT2D eigenvalue weighted by Crippen LogP contribution is -2.50. The smallest absolute Gasteiger partial charge is 0.350 e. The van der Waals surface area contributed by atoms with E-state index < -0.39 is 0 Å². The summed E-state index contributed by atoms with van der Waals surface area (Å²) in [7, 11) is 0. The van der Waals surface area contributed by atoms with Crippen LogP contribution in [0.15, 0.2) is 58.4 Å². The maximum Gasteiger partial charge on any atom is 0.350 e. The molecule has 9 nitrogen and oxygen atoms in total. The van der Waals surface area contributed by atoms with Crippen molar-refractivity contribution in [2.75, 3.05) is 11.6 Å². The number of benzene rings is 1. The van der Waals surface area contributed by atoms with Crippen molar-refractivity contribution in [3.05, 3.63) is 86.2 Å². The quantitative estimate of drug-likeness (QED) is 0.353. The Labute approximate surface area is 225 Å². The number of ketones is 1. The maximum absolute atomic E-state index is 12.9. The van der Waals surface area contributed by atoms with E-state index in [4.69, 9.17) is 4.74 Å². The van der Waals surface area contributed by atoms with Gasteiger partial charge in [-0.15, -0.1) is 5.10 Å². The first-order valence-corrected chi connectivity index (χ1v) is 13.7. The average Bonchev–Trinajstić information content (AvgIpc) is 3.64. The van der Waals surface area contributed by atoms with E-state index in [0.29, 0.717) is 24.7 Å². The standard InChI is InChI=1S/C30H31N5O4/c1-18(36)23-17-34-25(16-26(23)37)21-14-20(19-7-8-19)27(15-22(21)24-9-10-30(2,3)35(24)34)39-13-12-33-29(38)32-11-5-4-6-28(32)31-33/h4-6,11,14-17,19,24H,7-10,12-13H2,1-3H3/t24-/m1/s1. The van der Waals surface area contributed by atoms with Gasteiger partial charge in [0.05, 0.1) is 29.4 Å². The minimum atomic E-state index is -0.249. The fourth-order valence-electron chi connectivity index (χ4n) is 6.35. The summed E-state index contributed by atoms with van der Waals surface area (Å²) in [5.41, 5.74) is 4.37. The van der Waals surface area contributed by atoms with Crippen molar-refractivity contribution >= 4 is 11.4 Å². The van der Waals surface area contributed by atoms with E-state index in [1.165, 1.54) is 16.0 Å². The summed E-state index contributed by atoms with van der Waals surface area (Å²) < 4.78 is 11.4. The molecule has 5 heterocycles. The Kier molecular flexibility index (Phi) is 5.17. The molecule has 0 bridgehead atoms. The van der Waals surface area contributed by atoms with Crippen LogP contribution in [0, 0.1) is 0 Å². The van der Waals surface area contributed by atoms with E-state index in [9.17, 15) is 14.4 Å². The zero-order valence-electron chi connectivity index (χ0n) is 22.4. The van der Waals surface area contributed by atoms with Gasteiger partial charge in [0.15, 0.2) is 16.9 Å². The molecule has 9 heteroatoms. The highest BCUT2D eigenvalue weighted by Crippen LogP contribution is 2.52. The summed E-state index contributed by atoms with van der Waals surface area (Å²) in [6.45, 7) is 6.52. The van der Waals surface area contributed by atoms with Crippen molar-refractivity contribution in [2.24, 2.45) is 0 Å². The lowest BCUT2D eigenvalue weighted by Gasteiger charge is -2.44. The molecule has 1 aliphatic carbocycles. The number of aromatic nitrogens is 4. The number of hydrogen-bond donors (Lipinski definition) is 0. The Bertz CT molecular complexity index is 1770. The Hall–Kier alpha value is -4.14. The molecule has 2 aliphatic heterocycles. The topological polar surface area (TPSA) is 90.8 Å². The third-order valence-corrected chi connectivity index (χ3v) is 8.47. The van der Waals surface area contributed by atoms with Crippen LogP contribution in [-0.4, -0.2) is 36.8 Å². The molecule has 3 aromatic heterocycles. The lowest BCUT2D eigenvalue weighted by atomic mass is 9.90. The van der Waals surface area contributed by atoms with Crippen LogP contribution in [0.1, 0.15) is 79.9 Å². The number of pyridine rings is 2. The molecule has 200 valence electrons. The Morgan fingerprint density at radius 1 is 1.10 bits per heavy atom. The van der Waals surface area contributed by atoms with Crippen molar-refractivity contribution in [1.82, 2.24) is 18.9 Å². The number of Topliss-reactive ketones (excluding diaryl/α,β-unsaturated/α-hetero) is 1. The predicted molar refractivity (Wildman–Crippen MR) is 147 cm³/mol. The number of hydrogen-bond acceptors (Lipinski definition) is 6. The number of ether oxygens (including phenoxy) is 1. The maximum atomic E-state index is 12.9. The van der Waals surface area contributed by atoms with E-state index in [1.807, 2.05) is 22.9 Å². The van der Waals surface area contributed by atoms with Crippen LogP contribution in [0.3, 0.4) is 0 Å². The summed E-state index contributed by atoms with van der Waals surface area (Å²) in [5, 5.41) is 6.73. The summed E-state index contributed by atoms with van der Waals surface area (Å²) in [5.74, 6) is 1.04. The second kappa shape index (κ2) is 8.43. The van der Waals surface area contributed by atoms with Gasteiger partial charge in [-0.05, 0) is 87.8 Å². The monoisotopic (exact) mass is 525 g/mol. The zero-order chi connectivity index (χ0) is 27.1. The highest BCUT2D eigenvalue weighted by molar-refractivity contribution is 5.94. The van der Waals surface area contributed by atoms with Gasteiger partial charge in [0.25, 0.3) is 0 Å². The molecule has 7 rings (SSSR count). The molecule has 39 heavy (non-hydrogen) atoms. The fraction of sp³-hybridized carbons (Fsp3) is 0.400. The van der Waals surface area contributed by atoms with E-state index in [2.05, 4.69) is 36.1 Å². The minimum absolute atomic E-state index is 0.0986. The molecule has 4 aromatic rings. The molecule has 0 amide bonds. The molecular weight excluding hydrogens is 494 g/mol. The molecular formula is C30H31N5O4. The van der Waals surface area contributed by atoms with Crippen LogP contribution in [-0.2, 0) is 6.54 Å². The van der Waals surface area contributed by atoms with Gasteiger partial charge in [-0.25, -0.2) is 9.48 Å². The third-order valence-electron chi connectivity index (χ3n) is 8.47. The molecule has 1 saturated heterocycles. The summed E-state index contributed by atoms with van der Waals surface area (Å²) in [4.78, 5) is 37.9. The van der Waals surface area contributed by atoms with Crippen LogP contribution in [0.25, 0.3) is 16.9 Å². The second-order valence-corrected chi connectivity index (χ2v) is 11.6. The summed E-state index contributed by atoms with van der Waals surface area (Å²) in [6, 6.07) is 11.5. The van der Waals surface area contributed by atoms with Crippen LogP contribution >= 0.6 is 0 Å². The normalized spacial score (nSPS) is 19.1. The van der Waals surface area contributed by atoms with Crippen molar-refractivity contribution in [1.29, 1.82) is 0 Å². The van der Waals surface area contributed by atoms with E-state index in [1.54, 1.807) is 18.5 Å². The third kappa shape index (κ3) is 3.74. The molecule has 0 unspecified atom stereocenters. The number of carbonyl (C=O) groups is 1. The Morgan fingerprint density at radius 2 is 1.92 bits per heavy atom. The molecule has 0 N–H and O–H groups in total. The summed E-state index contributed by atoms with van der Waals surface area (Å²) >= 11 is 0. The Balaban J connectivity index is 1.29. The minimum Gasteiger partial charge on any atom is -0.491 e. The number of fused-ring (bicyclic) bond motifs is 7. The van der Waals surface area contributed by atoms with Crippen molar-refractivity contribution in [3.63, 3.8) is 0 Å². The Morgan fingerprint density at radius 3 is 2.67 bits per heavy atom. The van der Waals surface area contributed by atoms with E-state index in [0.717, 1.165) is 53.8 Å². The van der Waals surface area contributed by atoms with E-state index in [-0.39, 0.29) is 34.0 Å². The van der Waals surface area contributed by atoms with Gasteiger partial charge in [0.2, 0.25) is 0 Å². The van der Waals surface area contributed by atoms with Gasteiger partial charge < -0.3 is 4.74 Å². The van der Waals surface area contributed by atoms with Gasteiger partial charge >= 0.3 is 5.69 Å². The van der Waals surface area contributed by atoms with Crippen LogP contribution in [0.5, 0.6) is 5.75 Å². The highest BCUT2D eigenvalue weighted by atomic mass is 16.5. The molecule has 1 saturated carbocycles. The van der Waals surface area contributed by atoms with Gasteiger partial charge in [-0.1, -0.05) is 6.07 Å². The van der Waals surface area contributed by atoms with Gasteiger partial charge in [0.1, 0.15) is 12.4 Å². The first-order valence-electron chi connectivity index (χ1n) is 13.7. The van der Waals surface area contributed by atoms with Crippen LogP contribution < -0.4 is 20.9 Å². The highest BCUT2D eigenvalue weighted by Gasteiger charge is 2.45. The van der Waals surface area contributed by atoms with Crippen LogP contribution in [0.2, 0.25) is 0 Å². The van der Waals surface area contributed by atoms with Gasteiger partial charge in [-0.2, -0.15) is 0 Å². The molecule has 1 atom stereocenters. The molecule has 0 spiro atoms. The van der Waals surface area contributed by atoms with Gasteiger partial charge in [0, 0.05) is 24.0 Å². The molecule has 1 aromatic carbocycles. The van der Waals surface area contributed by atoms with E-state index >= 15 is 0 Å². The number of rotatable bonds is 6. The number of nitrogens with zero attached hydrogens (tertiary/aromatic N) is 5. The first-order chi connectivity index (χ1) is 18.7. The fourth-order valence-corrected chi connectivity index (χ4v) is 6.35. The summed E-state index contributed by atoms with van der Waals surface area (Å²) in [6.07, 6.45) is 7.58. The largest absolute Gasteiger partial charge is 0.491 e. The average molecular weight is 526 g/mol.